The van der Waals surface area contributed by atoms with E-state index in [1.54, 1.807) is 0 Å². The molecule has 0 aliphatic carbocycles. The highest BCUT2D eigenvalue weighted by molar-refractivity contribution is 6.00. The van der Waals surface area contributed by atoms with Crippen LogP contribution in [-0.4, -0.2) is 17.3 Å². The van der Waals surface area contributed by atoms with Crippen LogP contribution in [0.25, 0.3) is 0 Å². The summed E-state index contributed by atoms with van der Waals surface area (Å²) in [5.41, 5.74) is 2.41. The Morgan fingerprint density at radius 1 is 1.33 bits per heavy atom. The van der Waals surface area contributed by atoms with E-state index in [0.29, 0.717) is 11.8 Å². The molecule has 0 bridgehead atoms. The van der Waals surface area contributed by atoms with Gasteiger partial charge in [-0.15, -0.1) is 0 Å². The van der Waals surface area contributed by atoms with E-state index in [1.807, 2.05) is 12.1 Å². The molecule has 0 spiro atoms. The number of nitrogens with one attached hydrogen (secondary N) is 1. The molecule has 0 radical (unpaired) electrons. The summed E-state index contributed by atoms with van der Waals surface area (Å²) in [4.78, 5) is 2.17. The smallest absolute Gasteiger partial charge is 0.128 e. The van der Waals surface area contributed by atoms with Gasteiger partial charge in [-0.25, -0.2) is 0 Å². The second kappa shape index (κ2) is 4.05. The third-order valence-electron chi connectivity index (χ3n) is 2.93. The predicted octanol–water partition coefficient (Wildman–Crippen LogP) is 2.87. The van der Waals surface area contributed by atoms with E-state index >= 15 is 0 Å². The second-order valence-corrected chi connectivity index (χ2v) is 4.61. The summed E-state index contributed by atoms with van der Waals surface area (Å²) in [5, 5.41) is 8.06. The molecule has 1 aliphatic rings. The standard InChI is InChI=1S/C13H18N2/c1-10(2)7-8-15-9-11-5-3-4-6-12(11)13(15)14/h3-6,10,14H,7-9H2,1-2H3. The Morgan fingerprint density at radius 3 is 2.73 bits per heavy atom. The number of fused-ring (bicyclic) bond motifs is 1. The number of nitrogens with zero attached hydrogens (tertiary/aromatic N) is 1. The first-order chi connectivity index (χ1) is 7.18. The molecule has 2 rings (SSSR count). The molecule has 15 heavy (non-hydrogen) atoms. The first-order valence-corrected chi connectivity index (χ1v) is 5.60. The molecule has 0 saturated carbocycles. The van der Waals surface area contributed by atoms with Crippen molar-refractivity contribution in [3.8, 4) is 0 Å². The largest absolute Gasteiger partial charge is 0.352 e. The van der Waals surface area contributed by atoms with Crippen LogP contribution in [0.1, 0.15) is 31.4 Å². The monoisotopic (exact) mass is 202 g/mol. The van der Waals surface area contributed by atoms with Gasteiger partial charge in [0, 0.05) is 18.7 Å². The van der Waals surface area contributed by atoms with Gasteiger partial charge in [-0.05, 0) is 17.9 Å². The molecule has 0 amide bonds. The van der Waals surface area contributed by atoms with Gasteiger partial charge >= 0.3 is 0 Å². The van der Waals surface area contributed by atoms with E-state index < -0.39 is 0 Å². The van der Waals surface area contributed by atoms with Gasteiger partial charge in [0.25, 0.3) is 0 Å². The summed E-state index contributed by atoms with van der Waals surface area (Å²) in [5.74, 6) is 1.41. The lowest BCUT2D eigenvalue weighted by atomic mass is 10.1. The fraction of sp³-hybridized carbons (Fsp3) is 0.462. The van der Waals surface area contributed by atoms with E-state index in [2.05, 4.69) is 30.9 Å². The minimum absolute atomic E-state index is 0.700. The van der Waals surface area contributed by atoms with Crippen LogP contribution >= 0.6 is 0 Å². The Morgan fingerprint density at radius 2 is 2.07 bits per heavy atom. The molecule has 1 aliphatic heterocycles. The van der Waals surface area contributed by atoms with Gasteiger partial charge in [-0.1, -0.05) is 38.1 Å². The maximum absolute atomic E-state index is 8.06. The van der Waals surface area contributed by atoms with Gasteiger partial charge in [0.15, 0.2) is 0 Å². The topological polar surface area (TPSA) is 27.1 Å². The van der Waals surface area contributed by atoms with Gasteiger partial charge in [0.05, 0.1) is 0 Å². The minimum atomic E-state index is 0.700. The molecule has 1 aromatic rings. The molecule has 2 heteroatoms. The van der Waals surface area contributed by atoms with Crippen LogP contribution in [0.3, 0.4) is 0 Å². The fourth-order valence-corrected chi connectivity index (χ4v) is 1.95. The van der Waals surface area contributed by atoms with Crippen molar-refractivity contribution in [3.05, 3.63) is 35.4 Å². The molecule has 1 heterocycles. The van der Waals surface area contributed by atoms with Crippen molar-refractivity contribution in [2.75, 3.05) is 6.54 Å². The van der Waals surface area contributed by atoms with Crippen LogP contribution in [0, 0.1) is 11.3 Å². The van der Waals surface area contributed by atoms with Crippen LogP contribution in [0.4, 0.5) is 0 Å². The van der Waals surface area contributed by atoms with E-state index in [1.165, 1.54) is 5.56 Å². The summed E-state index contributed by atoms with van der Waals surface area (Å²) in [6.45, 7) is 6.38. The third-order valence-corrected chi connectivity index (χ3v) is 2.93. The van der Waals surface area contributed by atoms with Crippen molar-refractivity contribution in [2.45, 2.75) is 26.8 Å². The molecule has 0 atom stereocenters. The Bertz CT molecular complexity index is 369. The van der Waals surface area contributed by atoms with Gasteiger partial charge < -0.3 is 4.90 Å². The minimum Gasteiger partial charge on any atom is -0.352 e. The predicted molar refractivity (Wildman–Crippen MR) is 63.1 cm³/mol. The molecule has 0 saturated heterocycles. The summed E-state index contributed by atoms with van der Waals surface area (Å²) in [7, 11) is 0. The fourth-order valence-electron chi connectivity index (χ4n) is 1.95. The zero-order chi connectivity index (χ0) is 10.8. The Labute approximate surface area is 91.4 Å². The van der Waals surface area contributed by atoms with Crippen molar-refractivity contribution in [1.29, 1.82) is 5.41 Å². The van der Waals surface area contributed by atoms with Crippen LogP contribution in [0.2, 0.25) is 0 Å². The van der Waals surface area contributed by atoms with E-state index in [0.717, 1.165) is 25.1 Å². The normalized spacial score (nSPS) is 14.9. The van der Waals surface area contributed by atoms with Gasteiger partial charge in [0.1, 0.15) is 5.84 Å². The van der Waals surface area contributed by atoms with Crippen molar-refractivity contribution in [2.24, 2.45) is 5.92 Å². The Balaban J connectivity index is 2.07. The SMILES string of the molecule is CC(C)CCN1Cc2ccccc2C1=N. The Kier molecular flexibility index (Phi) is 2.76. The van der Waals surface area contributed by atoms with Crippen LogP contribution in [0.5, 0.6) is 0 Å². The first-order valence-electron chi connectivity index (χ1n) is 5.60. The number of hydrogen-bond acceptors (Lipinski definition) is 1. The van der Waals surface area contributed by atoms with Gasteiger partial charge in [-0.2, -0.15) is 0 Å². The maximum atomic E-state index is 8.06. The number of benzene rings is 1. The molecule has 0 fully saturated rings. The number of amidine groups is 1. The molecule has 1 aromatic carbocycles. The molecular weight excluding hydrogens is 184 g/mol. The zero-order valence-electron chi connectivity index (χ0n) is 9.46. The number of hydrogen-bond donors (Lipinski definition) is 1. The van der Waals surface area contributed by atoms with E-state index in [4.69, 9.17) is 5.41 Å². The molecule has 2 nitrogen and oxygen atoms in total. The van der Waals surface area contributed by atoms with Crippen molar-refractivity contribution < 1.29 is 0 Å². The van der Waals surface area contributed by atoms with E-state index in [-0.39, 0.29) is 0 Å². The lowest BCUT2D eigenvalue weighted by Crippen LogP contribution is -2.25. The van der Waals surface area contributed by atoms with Gasteiger partial charge in [0.2, 0.25) is 0 Å². The zero-order valence-corrected chi connectivity index (χ0v) is 9.46. The molecule has 1 N–H and O–H groups in total. The second-order valence-electron chi connectivity index (χ2n) is 4.61. The van der Waals surface area contributed by atoms with Crippen molar-refractivity contribution >= 4 is 5.84 Å². The summed E-state index contributed by atoms with van der Waals surface area (Å²) in [6.07, 6.45) is 1.16. The molecule has 0 unspecified atom stereocenters. The molecule has 0 aromatic heterocycles. The quantitative estimate of drug-likeness (QED) is 0.801. The third kappa shape index (κ3) is 2.04. The molecule has 80 valence electrons. The van der Waals surface area contributed by atoms with E-state index in [9.17, 15) is 0 Å². The summed E-state index contributed by atoms with van der Waals surface area (Å²) < 4.78 is 0. The lowest BCUT2D eigenvalue weighted by molar-refractivity contribution is 0.386. The van der Waals surface area contributed by atoms with Crippen LogP contribution < -0.4 is 0 Å². The van der Waals surface area contributed by atoms with Gasteiger partial charge in [-0.3, -0.25) is 5.41 Å². The van der Waals surface area contributed by atoms with Crippen molar-refractivity contribution in [3.63, 3.8) is 0 Å². The van der Waals surface area contributed by atoms with Crippen molar-refractivity contribution in [1.82, 2.24) is 4.90 Å². The Hall–Kier alpha value is -1.31. The number of rotatable bonds is 3. The lowest BCUT2D eigenvalue weighted by Gasteiger charge is -2.18. The highest BCUT2D eigenvalue weighted by Crippen LogP contribution is 2.22. The maximum Gasteiger partial charge on any atom is 0.128 e. The summed E-state index contributed by atoms with van der Waals surface area (Å²) >= 11 is 0. The summed E-state index contributed by atoms with van der Waals surface area (Å²) in [6, 6.07) is 8.24. The molecular formula is C13H18N2. The van der Waals surface area contributed by atoms with Crippen LogP contribution in [0.15, 0.2) is 24.3 Å². The first kappa shape index (κ1) is 10.2. The highest BCUT2D eigenvalue weighted by atomic mass is 15.2. The average molecular weight is 202 g/mol. The van der Waals surface area contributed by atoms with Crippen LogP contribution in [-0.2, 0) is 6.54 Å². The highest BCUT2D eigenvalue weighted by Gasteiger charge is 2.22. The average Bonchev–Trinajstić information content (AvgIpc) is 2.54.